The van der Waals surface area contributed by atoms with Gasteiger partial charge in [-0.15, -0.1) is 11.3 Å². The van der Waals surface area contributed by atoms with Gasteiger partial charge in [0.05, 0.1) is 14.2 Å². The van der Waals surface area contributed by atoms with E-state index in [1.54, 1.807) is 12.1 Å². The Balaban J connectivity index is 1.92. The third-order valence-corrected chi connectivity index (χ3v) is 6.53. The van der Waals surface area contributed by atoms with Gasteiger partial charge in [-0.1, -0.05) is 6.07 Å². The third kappa shape index (κ3) is 4.77. The molecule has 154 valence electrons. The van der Waals surface area contributed by atoms with Crippen molar-refractivity contribution in [1.29, 1.82) is 0 Å². The molecule has 0 radical (unpaired) electrons. The number of carbonyl (C=O) groups is 2. The molecular weight excluding hydrogens is 414 g/mol. The van der Waals surface area contributed by atoms with Crippen LogP contribution in [0.3, 0.4) is 0 Å². The van der Waals surface area contributed by atoms with E-state index in [9.17, 15) is 13.8 Å². The highest BCUT2D eigenvalue weighted by Crippen LogP contribution is 2.28. The van der Waals surface area contributed by atoms with Crippen LogP contribution in [0.4, 0.5) is 11.4 Å². The van der Waals surface area contributed by atoms with Gasteiger partial charge in [-0.05, 0) is 48.6 Å². The molecule has 2 atom stereocenters. The maximum Gasteiger partial charge on any atom is 0.349 e. The van der Waals surface area contributed by atoms with Gasteiger partial charge in [-0.25, -0.2) is 13.8 Å². The van der Waals surface area contributed by atoms with E-state index in [1.807, 2.05) is 30.5 Å². The number of anilines is 2. The van der Waals surface area contributed by atoms with Crippen molar-refractivity contribution >= 4 is 45.6 Å². The number of benzene rings is 1. The lowest BCUT2D eigenvalue weighted by Crippen LogP contribution is -2.33. The predicted octanol–water partition coefficient (Wildman–Crippen LogP) is 2.39. The molecule has 0 aliphatic carbocycles. The van der Waals surface area contributed by atoms with Crippen molar-refractivity contribution in [3.05, 3.63) is 52.7 Å². The first kappa shape index (κ1) is 20.9. The van der Waals surface area contributed by atoms with Crippen molar-refractivity contribution in [2.45, 2.75) is 23.6 Å². The van der Waals surface area contributed by atoms with E-state index in [1.165, 1.54) is 25.6 Å². The smallest absolute Gasteiger partial charge is 0.349 e. The van der Waals surface area contributed by atoms with E-state index in [4.69, 9.17) is 9.47 Å². The second-order valence-corrected chi connectivity index (χ2v) is 8.67. The second kappa shape index (κ2) is 9.10. The maximum atomic E-state index is 12.4. The Morgan fingerprint density at radius 2 is 1.93 bits per heavy atom. The van der Waals surface area contributed by atoms with Crippen molar-refractivity contribution in [2.75, 3.05) is 24.3 Å². The quantitative estimate of drug-likeness (QED) is 0.287. The molecule has 0 spiro atoms. The van der Waals surface area contributed by atoms with Crippen LogP contribution in [-0.4, -0.2) is 36.4 Å². The van der Waals surface area contributed by atoms with Gasteiger partial charge in [0, 0.05) is 17.4 Å². The zero-order valence-corrected chi connectivity index (χ0v) is 17.7. The maximum absolute atomic E-state index is 12.4. The summed E-state index contributed by atoms with van der Waals surface area (Å²) in [6.07, 6.45) is 0.614. The van der Waals surface area contributed by atoms with Crippen molar-refractivity contribution < 1.29 is 23.3 Å². The molecule has 2 heterocycles. The zero-order chi connectivity index (χ0) is 21.0. The minimum atomic E-state index is -1.35. The van der Waals surface area contributed by atoms with Crippen LogP contribution >= 0.6 is 11.3 Å². The lowest BCUT2D eigenvalue weighted by atomic mass is 10.1. The lowest BCUT2D eigenvalue weighted by molar-refractivity contribution is -0.144. The minimum absolute atomic E-state index is 0.0962. The van der Waals surface area contributed by atoms with Gasteiger partial charge in [0.15, 0.2) is 16.6 Å². The summed E-state index contributed by atoms with van der Waals surface area (Å²) in [5.74, 6) is -1.38. The molecule has 3 N–H and O–H groups in total. The van der Waals surface area contributed by atoms with Crippen LogP contribution in [0, 0.1) is 0 Å². The molecule has 1 aliphatic rings. The average Bonchev–Trinajstić information content (AvgIpc) is 3.19. The largest absolute Gasteiger partial charge is 0.465 e. The van der Waals surface area contributed by atoms with Gasteiger partial charge in [0.25, 0.3) is 0 Å². The van der Waals surface area contributed by atoms with E-state index >= 15 is 0 Å². The Bertz CT molecular complexity index is 954. The number of ether oxygens (including phenoxy) is 2. The van der Waals surface area contributed by atoms with Gasteiger partial charge in [0.1, 0.15) is 10.0 Å². The predicted molar refractivity (Wildman–Crippen MR) is 112 cm³/mol. The molecule has 0 amide bonds. The SMILES string of the molecule is COC(=O)C(C(=O)OC)=C1Nc2ccc(NS(=O)c3cccs3)cc2CC(C)N1. The first-order valence-corrected chi connectivity index (χ1v) is 10.7. The molecule has 1 aromatic heterocycles. The number of nitrogens with one attached hydrogen (secondary N) is 3. The van der Waals surface area contributed by atoms with Crippen LogP contribution in [-0.2, 0) is 36.5 Å². The standard InChI is InChI=1S/C19H21N3O5S2/c1-11-9-12-10-13(22-29(25)15-5-4-8-28-15)6-7-14(12)21-17(20-11)16(18(23)26-2)19(24)27-3/h4-8,10-11,20-22H,9H2,1-3H3. The molecule has 0 saturated carbocycles. The molecule has 29 heavy (non-hydrogen) atoms. The van der Waals surface area contributed by atoms with Crippen molar-refractivity contribution in [1.82, 2.24) is 5.32 Å². The van der Waals surface area contributed by atoms with Gasteiger partial charge >= 0.3 is 11.9 Å². The molecule has 3 rings (SSSR count). The summed E-state index contributed by atoms with van der Waals surface area (Å²) in [4.78, 5) is 24.3. The molecule has 0 saturated heterocycles. The van der Waals surface area contributed by atoms with E-state index in [2.05, 4.69) is 15.4 Å². The molecule has 0 fully saturated rings. The first-order chi connectivity index (χ1) is 13.9. The minimum Gasteiger partial charge on any atom is -0.465 e. The number of rotatable bonds is 5. The molecular formula is C19H21N3O5S2. The van der Waals surface area contributed by atoms with E-state index in [0.717, 1.165) is 15.5 Å². The molecule has 8 nitrogen and oxygen atoms in total. The summed E-state index contributed by atoms with van der Waals surface area (Å²) in [6, 6.07) is 9.03. The number of methoxy groups -OCH3 is 2. The fourth-order valence-electron chi connectivity index (χ4n) is 2.90. The fourth-order valence-corrected chi connectivity index (χ4v) is 4.63. The van der Waals surface area contributed by atoms with Crippen LogP contribution in [0.1, 0.15) is 12.5 Å². The fraction of sp³-hybridized carbons (Fsp3) is 0.263. The van der Waals surface area contributed by atoms with Crippen LogP contribution in [0.25, 0.3) is 0 Å². The molecule has 0 bridgehead atoms. The Labute approximate surface area is 174 Å². The molecule has 10 heteroatoms. The number of hydrogen-bond acceptors (Lipinski definition) is 8. The normalized spacial score (nSPS) is 16.4. The summed E-state index contributed by atoms with van der Waals surface area (Å²) < 4.78 is 25.6. The highest BCUT2D eigenvalue weighted by atomic mass is 32.2. The second-order valence-electron chi connectivity index (χ2n) is 6.28. The number of carbonyl (C=O) groups excluding carboxylic acids is 2. The number of fused-ring (bicyclic) bond motifs is 1. The summed E-state index contributed by atoms with van der Waals surface area (Å²) >= 11 is 1.42. The van der Waals surface area contributed by atoms with Gasteiger partial charge in [-0.2, -0.15) is 0 Å². The monoisotopic (exact) mass is 435 g/mol. The highest BCUT2D eigenvalue weighted by molar-refractivity contribution is 7.88. The first-order valence-electron chi connectivity index (χ1n) is 8.72. The lowest BCUT2D eigenvalue weighted by Gasteiger charge is -2.16. The summed E-state index contributed by atoms with van der Waals surface area (Å²) in [6.45, 7) is 1.92. The van der Waals surface area contributed by atoms with Crippen molar-refractivity contribution in [2.24, 2.45) is 0 Å². The average molecular weight is 436 g/mol. The van der Waals surface area contributed by atoms with Gasteiger partial charge in [0.2, 0.25) is 0 Å². The molecule has 2 unspecified atom stereocenters. The van der Waals surface area contributed by atoms with E-state index < -0.39 is 22.9 Å². The topological polar surface area (TPSA) is 106 Å². The van der Waals surface area contributed by atoms with Gasteiger partial charge < -0.3 is 24.8 Å². The Morgan fingerprint density at radius 3 is 2.55 bits per heavy atom. The van der Waals surface area contributed by atoms with Gasteiger partial charge in [-0.3, -0.25) is 0 Å². The number of hydrogen-bond donors (Lipinski definition) is 3. The van der Waals surface area contributed by atoms with Crippen LogP contribution in [0.2, 0.25) is 0 Å². The van der Waals surface area contributed by atoms with Crippen LogP contribution in [0.5, 0.6) is 0 Å². The molecule has 2 aromatic rings. The Hall–Kier alpha value is -2.85. The zero-order valence-electron chi connectivity index (χ0n) is 16.1. The van der Waals surface area contributed by atoms with Crippen molar-refractivity contribution in [3.63, 3.8) is 0 Å². The van der Waals surface area contributed by atoms with E-state index in [-0.39, 0.29) is 17.4 Å². The summed E-state index contributed by atoms with van der Waals surface area (Å²) in [7, 11) is 1.05. The van der Waals surface area contributed by atoms with E-state index in [0.29, 0.717) is 12.1 Å². The third-order valence-electron chi connectivity index (χ3n) is 4.20. The van der Waals surface area contributed by atoms with Crippen molar-refractivity contribution in [3.8, 4) is 0 Å². The summed E-state index contributed by atoms with van der Waals surface area (Å²) in [5.41, 5.74) is 2.12. The Kier molecular flexibility index (Phi) is 6.55. The number of thiophene rings is 1. The van der Waals surface area contributed by atoms with Crippen LogP contribution < -0.4 is 15.4 Å². The number of esters is 2. The Morgan fingerprint density at radius 1 is 1.21 bits per heavy atom. The van der Waals surface area contributed by atoms with Crippen LogP contribution in [0.15, 0.2) is 51.3 Å². The highest BCUT2D eigenvalue weighted by Gasteiger charge is 2.28. The molecule has 1 aliphatic heterocycles. The molecule has 1 aromatic carbocycles. The summed E-state index contributed by atoms with van der Waals surface area (Å²) in [5, 5.41) is 8.09.